The van der Waals surface area contributed by atoms with Crippen LogP contribution in [0.5, 0.6) is 0 Å². The molecule has 0 amide bonds. The molecule has 188 valence electrons. The monoisotopic (exact) mass is 513 g/mol. The summed E-state index contributed by atoms with van der Waals surface area (Å²) in [5, 5.41) is 14.0. The zero-order valence-corrected chi connectivity index (χ0v) is 21.5. The topological polar surface area (TPSA) is 43.9 Å². The average Bonchev–Trinajstić information content (AvgIpc) is 3.64. The van der Waals surface area contributed by atoms with Crippen LogP contribution in [0, 0.1) is 0 Å². The van der Waals surface area contributed by atoms with Gasteiger partial charge < -0.3 is 4.42 Å². The molecule has 0 fully saturated rings. The van der Waals surface area contributed by atoms with Crippen LogP contribution in [0.15, 0.2) is 144 Å². The Kier molecular flexibility index (Phi) is 5.10. The predicted molar refractivity (Wildman–Crippen MR) is 162 cm³/mol. The van der Waals surface area contributed by atoms with Gasteiger partial charge in [-0.25, -0.2) is 0 Å². The number of fused-ring (bicyclic) bond motifs is 4. The lowest BCUT2D eigenvalue weighted by Gasteiger charge is -2.12. The van der Waals surface area contributed by atoms with Gasteiger partial charge in [0.2, 0.25) is 0 Å². The SMILES string of the molecule is c1ccc(-n2c(-c3ccc(-c4cccc5c4oc4ccccc45)cc3)nnc2-c2ccc3ccccc3c2)cc1. The van der Waals surface area contributed by atoms with Gasteiger partial charge >= 0.3 is 0 Å². The molecular weight excluding hydrogens is 490 g/mol. The summed E-state index contributed by atoms with van der Waals surface area (Å²) in [7, 11) is 0. The molecule has 0 saturated heterocycles. The summed E-state index contributed by atoms with van der Waals surface area (Å²) in [6, 6.07) is 48.1. The molecule has 0 radical (unpaired) electrons. The molecule has 0 atom stereocenters. The van der Waals surface area contributed by atoms with Crippen LogP contribution in [0.25, 0.3) is 72.3 Å². The van der Waals surface area contributed by atoms with E-state index in [0.29, 0.717) is 0 Å². The Morgan fingerprint density at radius 3 is 1.98 bits per heavy atom. The first-order valence-electron chi connectivity index (χ1n) is 13.3. The Labute approximate surface area is 230 Å². The summed E-state index contributed by atoms with van der Waals surface area (Å²) >= 11 is 0. The average molecular weight is 514 g/mol. The van der Waals surface area contributed by atoms with Crippen LogP contribution in [0.2, 0.25) is 0 Å². The number of para-hydroxylation sites is 3. The summed E-state index contributed by atoms with van der Waals surface area (Å²) in [4.78, 5) is 0. The van der Waals surface area contributed by atoms with Gasteiger partial charge in [0.05, 0.1) is 0 Å². The maximum Gasteiger partial charge on any atom is 0.168 e. The van der Waals surface area contributed by atoms with Gasteiger partial charge in [0, 0.05) is 33.2 Å². The maximum atomic E-state index is 6.29. The number of benzene rings is 6. The van der Waals surface area contributed by atoms with E-state index in [1.54, 1.807) is 0 Å². The first kappa shape index (κ1) is 22.5. The molecular formula is C36H23N3O. The van der Waals surface area contributed by atoms with Crippen molar-refractivity contribution in [3.05, 3.63) is 140 Å². The Morgan fingerprint density at radius 2 is 1.12 bits per heavy atom. The molecule has 0 aliphatic rings. The van der Waals surface area contributed by atoms with Crippen LogP contribution in [0.1, 0.15) is 0 Å². The summed E-state index contributed by atoms with van der Waals surface area (Å²) in [5.74, 6) is 1.60. The molecule has 4 nitrogen and oxygen atoms in total. The minimum absolute atomic E-state index is 0.794. The largest absolute Gasteiger partial charge is 0.455 e. The lowest BCUT2D eigenvalue weighted by Crippen LogP contribution is -2.00. The van der Waals surface area contributed by atoms with Crippen molar-refractivity contribution in [1.29, 1.82) is 0 Å². The van der Waals surface area contributed by atoms with Crippen LogP contribution in [-0.4, -0.2) is 14.8 Å². The Balaban J connectivity index is 1.25. The lowest BCUT2D eigenvalue weighted by atomic mass is 10.0. The summed E-state index contributed by atoms with van der Waals surface area (Å²) in [6.45, 7) is 0. The van der Waals surface area contributed by atoms with Crippen LogP contribution < -0.4 is 0 Å². The lowest BCUT2D eigenvalue weighted by molar-refractivity contribution is 0.670. The molecule has 0 N–H and O–H groups in total. The molecule has 0 spiro atoms. The highest BCUT2D eigenvalue weighted by molar-refractivity contribution is 6.09. The molecule has 0 bridgehead atoms. The summed E-state index contributed by atoms with van der Waals surface area (Å²) in [6.07, 6.45) is 0. The summed E-state index contributed by atoms with van der Waals surface area (Å²) in [5.41, 5.74) is 7.00. The van der Waals surface area contributed by atoms with E-state index in [2.05, 4.69) is 113 Å². The van der Waals surface area contributed by atoms with Crippen molar-refractivity contribution >= 4 is 32.7 Å². The van der Waals surface area contributed by atoms with Gasteiger partial charge in [-0.05, 0) is 40.6 Å². The number of aromatic nitrogens is 3. The second kappa shape index (κ2) is 9.07. The molecule has 4 heteroatoms. The zero-order chi connectivity index (χ0) is 26.5. The van der Waals surface area contributed by atoms with Crippen LogP contribution in [-0.2, 0) is 0 Å². The third kappa shape index (κ3) is 3.62. The second-order valence-electron chi connectivity index (χ2n) is 9.94. The normalized spacial score (nSPS) is 11.5. The smallest absolute Gasteiger partial charge is 0.168 e. The highest BCUT2D eigenvalue weighted by Gasteiger charge is 2.18. The fourth-order valence-electron chi connectivity index (χ4n) is 5.58. The molecule has 0 aliphatic heterocycles. The van der Waals surface area contributed by atoms with Crippen molar-refractivity contribution in [2.75, 3.05) is 0 Å². The number of hydrogen-bond acceptors (Lipinski definition) is 3. The minimum Gasteiger partial charge on any atom is -0.455 e. The second-order valence-corrected chi connectivity index (χ2v) is 9.94. The quantitative estimate of drug-likeness (QED) is 0.235. The van der Waals surface area contributed by atoms with E-state index in [4.69, 9.17) is 9.52 Å². The van der Waals surface area contributed by atoms with Crippen molar-refractivity contribution in [1.82, 2.24) is 14.8 Å². The third-order valence-electron chi connectivity index (χ3n) is 7.54. The van der Waals surface area contributed by atoms with Gasteiger partial charge in [0.25, 0.3) is 0 Å². The highest BCUT2D eigenvalue weighted by atomic mass is 16.3. The van der Waals surface area contributed by atoms with Gasteiger partial charge in [-0.3, -0.25) is 4.57 Å². The van der Waals surface area contributed by atoms with Gasteiger partial charge in [0.1, 0.15) is 11.2 Å². The van der Waals surface area contributed by atoms with Crippen molar-refractivity contribution in [3.63, 3.8) is 0 Å². The molecule has 8 aromatic rings. The van der Waals surface area contributed by atoms with Gasteiger partial charge in [-0.2, -0.15) is 0 Å². The Morgan fingerprint density at radius 1 is 0.475 bits per heavy atom. The van der Waals surface area contributed by atoms with Crippen LogP contribution in [0.4, 0.5) is 0 Å². The molecule has 0 saturated carbocycles. The Hall–Kier alpha value is -5.48. The van der Waals surface area contributed by atoms with Crippen LogP contribution in [0.3, 0.4) is 0 Å². The van der Waals surface area contributed by atoms with Crippen molar-refractivity contribution in [3.8, 4) is 39.6 Å². The van der Waals surface area contributed by atoms with E-state index in [1.165, 1.54) is 10.8 Å². The Bertz CT molecular complexity index is 2160. The van der Waals surface area contributed by atoms with Crippen molar-refractivity contribution < 1.29 is 4.42 Å². The van der Waals surface area contributed by atoms with E-state index in [9.17, 15) is 0 Å². The molecule has 40 heavy (non-hydrogen) atoms. The molecule has 0 aliphatic carbocycles. The van der Waals surface area contributed by atoms with Crippen LogP contribution >= 0.6 is 0 Å². The maximum absolute atomic E-state index is 6.29. The number of nitrogens with zero attached hydrogens (tertiary/aromatic N) is 3. The first-order chi connectivity index (χ1) is 19.8. The van der Waals surface area contributed by atoms with E-state index in [1.807, 2.05) is 36.4 Å². The van der Waals surface area contributed by atoms with Crippen molar-refractivity contribution in [2.24, 2.45) is 0 Å². The fraction of sp³-hybridized carbons (Fsp3) is 0. The fourth-order valence-corrected chi connectivity index (χ4v) is 5.58. The third-order valence-corrected chi connectivity index (χ3v) is 7.54. The summed E-state index contributed by atoms with van der Waals surface area (Å²) < 4.78 is 8.42. The number of furan rings is 1. The molecule has 2 heterocycles. The number of rotatable bonds is 4. The molecule has 8 rings (SSSR count). The highest BCUT2D eigenvalue weighted by Crippen LogP contribution is 2.37. The standard InChI is InChI=1S/C36H23N3O/c1-2-11-29(12-3-1)39-35(37-38-36(39)28-22-17-24-9-4-5-10-27(24)23-28)26-20-18-25(19-21-26)30-14-8-15-32-31-13-6-7-16-33(31)40-34(30)32/h1-23H. The van der Waals surface area contributed by atoms with Gasteiger partial charge in [0.15, 0.2) is 11.6 Å². The zero-order valence-electron chi connectivity index (χ0n) is 21.5. The predicted octanol–water partition coefficient (Wildman–Crippen LogP) is 9.32. The molecule has 2 aromatic heterocycles. The van der Waals surface area contributed by atoms with Gasteiger partial charge in [-0.1, -0.05) is 115 Å². The van der Waals surface area contributed by atoms with Gasteiger partial charge in [-0.15, -0.1) is 10.2 Å². The van der Waals surface area contributed by atoms with E-state index in [-0.39, 0.29) is 0 Å². The first-order valence-corrected chi connectivity index (χ1v) is 13.3. The van der Waals surface area contributed by atoms with E-state index < -0.39 is 0 Å². The molecule has 0 unspecified atom stereocenters. The van der Waals surface area contributed by atoms with E-state index in [0.717, 1.165) is 61.5 Å². The minimum atomic E-state index is 0.794. The van der Waals surface area contributed by atoms with E-state index >= 15 is 0 Å². The number of hydrogen-bond donors (Lipinski definition) is 0. The molecule has 6 aromatic carbocycles. The van der Waals surface area contributed by atoms with Crippen molar-refractivity contribution in [2.45, 2.75) is 0 Å².